The second-order valence-corrected chi connectivity index (χ2v) is 5.16. The Kier molecular flexibility index (Phi) is 3.09. The highest BCUT2D eigenvalue weighted by Gasteiger charge is 2.40. The quantitative estimate of drug-likeness (QED) is 0.847. The zero-order valence-electron chi connectivity index (χ0n) is 10.3. The minimum Gasteiger partial charge on any atom is -0.465 e. The predicted octanol–water partition coefficient (Wildman–Crippen LogP) is 2.31. The molecule has 1 aromatic heterocycles. The number of hydrogen-bond donors (Lipinski definition) is 2. The van der Waals surface area contributed by atoms with Crippen molar-refractivity contribution in [2.24, 2.45) is 12.5 Å². The first-order chi connectivity index (χ1) is 8.01. The van der Waals surface area contributed by atoms with E-state index in [1.807, 2.05) is 19.3 Å². The Balaban J connectivity index is 2.27. The van der Waals surface area contributed by atoms with Crippen molar-refractivity contribution in [3.63, 3.8) is 0 Å². The van der Waals surface area contributed by atoms with E-state index in [1.54, 1.807) is 4.68 Å². The number of hydrogen-bond acceptors (Lipinski definition) is 2. The van der Waals surface area contributed by atoms with E-state index < -0.39 is 6.09 Å². The van der Waals surface area contributed by atoms with Crippen molar-refractivity contribution in [2.45, 2.75) is 38.6 Å². The lowest BCUT2D eigenvalue weighted by Crippen LogP contribution is -2.37. The number of carbonyl (C=O) groups is 1. The minimum atomic E-state index is -0.978. The third kappa shape index (κ3) is 2.43. The first-order valence-electron chi connectivity index (χ1n) is 6.00. The van der Waals surface area contributed by atoms with Gasteiger partial charge in [0.2, 0.25) is 0 Å². The van der Waals surface area contributed by atoms with Crippen LogP contribution in [-0.4, -0.2) is 21.0 Å². The highest BCUT2D eigenvalue weighted by atomic mass is 16.4. The van der Waals surface area contributed by atoms with Crippen LogP contribution in [0.25, 0.3) is 0 Å². The number of aryl methyl sites for hydroxylation is 1. The van der Waals surface area contributed by atoms with E-state index in [9.17, 15) is 4.79 Å². The first-order valence-corrected chi connectivity index (χ1v) is 6.00. The first kappa shape index (κ1) is 12.0. The van der Waals surface area contributed by atoms with E-state index in [1.165, 1.54) is 12.8 Å². The van der Waals surface area contributed by atoms with Crippen LogP contribution in [0.4, 0.5) is 4.79 Å². The summed E-state index contributed by atoms with van der Waals surface area (Å²) < 4.78 is 1.71. The molecular formula is C12H19N3O2. The van der Waals surface area contributed by atoms with Crippen molar-refractivity contribution >= 4 is 6.09 Å². The molecule has 1 aliphatic rings. The van der Waals surface area contributed by atoms with Crippen molar-refractivity contribution in [3.8, 4) is 0 Å². The number of rotatable bonds is 3. The van der Waals surface area contributed by atoms with Gasteiger partial charge >= 0.3 is 6.09 Å². The lowest BCUT2D eigenvalue weighted by atomic mass is 9.79. The summed E-state index contributed by atoms with van der Waals surface area (Å²) in [6.07, 6.45) is 5.31. The highest BCUT2D eigenvalue weighted by molar-refractivity contribution is 5.65. The van der Waals surface area contributed by atoms with Gasteiger partial charge in [-0.1, -0.05) is 19.8 Å². The van der Waals surface area contributed by atoms with Gasteiger partial charge in [-0.2, -0.15) is 5.10 Å². The van der Waals surface area contributed by atoms with E-state index in [0.29, 0.717) is 0 Å². The molecule has 1 saturated carbocycles. The van der Waals surface area contributed by atoms with Crippen LogP contribution in [0.3, 0.4) is 0 Å². The number of amides is 1. The van der Waals surface area contributed by atoms with E-state index >= 15 is 0 Å². The Morgan fingerprint density at radius 1 is 1.59 bits per heavy atom. The number of nitrogens with one attached hydrogen (secondary N) is 1. The lowest BCUT2D eigenvalue weighted by Gasteiger charge is -2.32. The predicted molar refractivity (Wildman–Crippen MR) is 63.7 cm³/mol. The van der Waals surface area contributed by atoms with Gasteiger partial charge in [-0.05, 0) is 24.3 Å². The molecule has 5 heteroatoms. The van der Waals surface area contributed by atoms with Gasteiger partial charge in [0.1, 0.15) is 0 Å². The molecule has 0 saturated heterocycles. The van der Waals surface area contributed by atoms with Gasteiger partial charge in [0, 0.05) is 13.2 Å². The summed E-state index contributed by atoms with van der Waals surface area (Å²) in [6.45, 7) is 2.15. The van der Waals surface area contributed by atoms with Crippen molar-refractivity contribution in [2.75, 3.05) is 0 Å². The molecule has 2 N–H and O–H groups in total. The molecule has 1 heterocycles. The summed E-state index contributed by atoms with van der Waals surface area (Å²) >= 11 is 0. The molecule has 0 spiro atoms. The van der Waals surface area contributed by atoms with Crippen molar-refractivity contribution < 1.29 is 9.90 Å². The molecule has 1 aromatic rings. The smallest absolute Gasteiger partial charge is 0.405 e. The van der Waals surface area contributed by atoms with Crippen LogP contribution in [0.15, 0.2) is 12.3 Å². The summed E-state index contributed by atoms with van der Waals surface area (Å²) in [5, 5.41) is 16.0. The molecule has 0 aliphatic heterocycles. The maximum atomic E-state index is 10.9. The van der Waals surface area contributed by atoms with Crippen LogP contribution >= 0.6 is 0 Å². The second kappa shape index (κ2) is 4.39. The largest absolute Gasteiger partial charge is 0.465 e. The van der Waals surface area contributed by atoms with Gasteiger partial charge in [-0.25, -0.2) is 4.79 Å². The molecule has 0 radical (unpaired) electrons. The van der Waals surface area contributed by atoms with Crippen LogP contribution in [0, 0.1) is 5.41 Å². The van der Waals surface area contributed by atoms with E-state index in [2.05, 4.69) is 17.3 Å². The Bertz CT molecular complexity index is 408. The molecule has 5 nitrogen and oxygen atoms in total. The minimum absolute atomic E-state index is 0.00720. The van der Waals surface area contributed by atoms with Gasteiger partial charge < -0.3 is 10.4 Å². The molecule has 1 aliphatic carbocycles. The SMILES string of the molecule is Cn1ccc(C(NC(=O)O)C2(C)CCCC2)n1. The Labute approximate surface area is 101 Å². The van der Waals surface area contributed by atoms with E-state index in [0.717, 1.165) is 18.5 Å². The average molecular weight is 237 g/mol. The van der Waals surface area contributed by atoms with Gasteiger partial charge in [0.25, 0.3) is 0 Å². The summed E-state index contributed by atoms with van der Waals surface area (Å²) in [4.78, 5) is 10.9. The van der Waals surface area contributed by atoms with Gasteiger partial charge in [0.05, 0.1) is 11.7 Å². The fraction of sp³-hybridized carbons (Fsp3) is 0.667. The third-order valence-corrected chi connectivity index (χ3v) is 3.74. The summed E-state index contributed by atoms with van der Waals surface area (Å²) in [6, 6.07) is 1.69. The topological polar surface area (TPSA) is 67.2 Å². The zero-order chi connectivity index (χ0) is 12.5. The van der Waals surface area contributed by atoms with Gasteiger partial charge in [0.15, 0.2) is 0 Å². The Morgan fingerprint density at radius 2 is 2.24 bits per heavy atom. The van der Waals surface area contributed by atoms with Crippen LogP contribution in [-0.2, 0) is 7.05 Å². The number of carboxylic acid groups (broad SMARTS) is 1. The van der Waals surface area contributed by atoms with Crippen LogP contribution < -0.4 is 5.32 Å². The molecule has 2 rings (SSSR count). The normalized spacial score (nSPS) is 20.1. The summed E-state index contributed by atoms with van der Waals surface area (Å²) in [5.41, 5.74) is 0.812. The van der Waals surface area contributed by atoms with Crippen molar-refractivity contribution in [1.82, 2.24) is 15.1 Å². The number of nitrogens with zero attached hydrogens (tertiary/aromatic N) is 2. The van der Waals surface area contributed by atoms with E-state index in [4.69, 9.17) is 5.11 Å². The Hall–Kier alpha value is -1.52. The van der Waals surface area contributed by atoms with Crippen LogP contribution in [0.5, 0.6) is 0 Å². The van der Waals surface area contributed by atoms with Crippen molar-refractivity contribution in [1.29, 1.82) is 0 Å². The fourth-order valence-corrected chi connectivity index (χ4v) is 2.79. The van der Waals surface area contributed by atoms with Gasteiger partial charge in [-0.15, -0.1) is 0 Å². The highest BCUT2D eigenvalue weighted by Crippen LogP contribution is 2.46. The summed E-state index contributed by atoms with van der Waals surface area (Å²) in [7, 11) is 1.85. The van der Waals surface area contributed by atoms with Gasteiger partial charge in [-0.3, -0.25) is 4.68 Å². The molecule has 1 atom stereocenters. The molecule has 0 aromatic carbocycles. The summed E-state index contributed by atoms with van der Waals surface area (Å²) in [5.74, 6) is 0. The third-order valence-electron chi connectivity index (χ3n) is 3.74. The monoisotopic (exact) mass is 237 g/mol. The average Bonchev–Trinajstić information content (AvgIpc) is 2.84. The molecule has 1 fully saturated rings. The van der Waals surface area contributed by atoms with Crippen molar-refractivity contribution in [3.05, 3.63) is 18.0 Å². The van der Waals surface area contributed by atoms with Crippen LogP contribution in [0.2, 0.25) is 0 Å². The molecular weight excluding hydrogens is 218 g/mol. The maximum absolute atomic E-state index is 10.9. The second-order valence-electron chi connectivity index (χ2n) is 5.16. The standard InChI is InChI=1S/C12H19N3O2/c1-12(6-3-4-7-12)10(13-11(16)17)9-5-8-15(2)14-9/h5,8,10,13H,3-4,6-7H2,1-2H3,(H,16,17). The molecule has 1 unspecified atom stereocenters. The lowest BCUT2D eigenvalue weighted by molar-refractivity contribution is 0.164. The zero-order valence-corrected chi connectivity index (χ0v) is 10.3. The number of aromatic nitrogens is 2. The van der Waals surface area contributed by atoms with Crippen LogP contribution in [0.1, 0.15) is 44.3 Å². The maximum Gasteiger partial charge on any atom is 0.405 e. The molecule has 1 amide bonds. The molecule has 94 valence electrons. The van der Waals surface area contributed by atoms with E-state index in [-0.39, 0.29) is 11.5 Å². The Morgan fingerprint density at radius 3 is 2.71 bits per heavy atom. The molecule has 0 bridgehead atoms. The molecule has 17 heavy (non-hydrogen) atoms. The fourth-order valence-electron chi connectivity index (χ4n) is 2.79.